The number of nitrogens with zero attached hydrogens (tertiary/aromatic N) is 1. The molecule has 6 heteroatoms. The maximum absolute atomic E-state index is 12.9. The topological polar surface area (TPSA) is 67.6 Å². The molecular weight excluding hydrogens is 285 g/mol. The Labute approximate surface area is 130 Å². The van der Waals surface area contributed by atoms with Crippen molar-refractivity contribution in [1.82, 2.24) is 5.32 Å². The van der Waals surface area contributed by atoms with Gasteiger partial charge in [-0.2, -0.15) is 0 Å². The number of amides is 1. The fourth-order valence-corrected chi connectivity index (χ4v) is 2.69. The van der Waals surface area contributed by atoms with E-state index in [1.54, 1.807) is 19.2 Å². The van der Waals surface area contributed by atoms with Crippen molar-refractivity contribution in [2.45, 2.75) is 18.9 Å². The van der Waals surface area contributed by atoms with Crippen molar-refractivity contribution in [1.29, 1.82) is 0 Å². The van der Waals surface area contributed by atoms with Crippen molar-refractivity contribution in [3.63, 3.8) is 0 Å². The van der Waals surface area contributed by atoms with Crippen molar-refractivity contribution in [3.05, 3.63) is 30.1 Å². The molecule has 22 heavy (non-hydrogen) atoms. The van der Waals surface area contributed by atoms with Gasteiger partial charge in [-0.25, -0.2) is 4.39 Å². The SMILES string of the molecule is COC(CN)CC(=O)NCC1CCN(c2ccc(F)cc2)C1. The highest BCUT2D eigenvalue weighted by atomic mass is 19.1. The Morgan fingerprint density at radius 2 is 2.23 bits per heavy atom. The Hall–Kier alpha value is -1.66. The molecule has 0 aromatic heterocycles. The average molecular weight is 309 g/mol. The van der Waals surface area contributed by atoms with Gasteiger partial charge in [0.1, 0.15) is 5.82 Å². The smallest absolute Gasteiger partial charge is 0.222 e. The molecule has 1 aromatic rings. The highest BCUT2D eigenvalue weighted by Crippen LogP contribution is 2.23. The molecule has 2 unspecified atom stereocenters. The molecule has 0 aliphatic carbocycles. The van der Waals surface area contributed by atoms with E-state index in [4.69, 9.17) is 10.5 Å². The lowest BCUT2D eigenvalue weighted by atomic mass is 10.1. The Morgan fingerprint density at radius 3 is 2.86 bits per heavy atom. The molecule has 1 amide bonds. The molecule has 0 spiro atoms. The molecule has 0 radical (unpaired) electrons. The number of halogens is 1. The predicted octanol–water partition coefficient (Wildman–Crippen LogP) is 1.13. The van der Waals surface area contributed by atoms with Gasteiger partial charge in [0.2, 0.25) is 5.91 Å². The zero-order chi connectivity index (χ0) is 15.9. The molecule has 1 aliphatic heterocycles. The van der Waals surface area contributed by atoms with E-state index in [9.17, 15) is 9.18 Å². The second-order valence-electron chi connectivity index (χ2n) is 5.68. The number of ether oxygens (including phenoxy) is 1. The predicted molar refractivity (Wildman–Crippen MR) is 84.2 cm³/mol. The summed E-state index contributed by atoms with van der Waals surface area (Å²) < 4.78 is 18.0. The molecule has 0 bridgehead atoms. The number of hydrogen-bond acceptors (Lipinski definition) is 4. The zero-order valence-corrected chi connectivity index (χ0v) is 12.9. The number of nitrogens with one attached hydrogen (secondary N) is 1. The lowest BCUT2D eigenvalue weighted by Crippen LogP contribution is -2.35. The summed E-state index contributed by atoms with van der Waals surface area (Å²) >= 11 is 0. The van der Waals surface area contributed by atoms with E-state index in [0.717, 1.165) is 25.2 Å². The number of hydrogen-bond donors (Lipinski definition) is 2. The van der Waals surface area contributed by atoms with Crippen LogP contribution in [0, 0.1) is 11.7 Å². The van der Waals surface area contributed by atoms with Crippen LogP contribution in [0.5, 0.6) is 0 Å². The van der Waals surface area contributed by atoms with Crippen LogP contribution in [0.1, 0.15) is 12.8 Å². The third-order valence-corrected chi connectivity index (χ3v) is 4.07. The summed E-state index contributed by atoms with van der Waals surface area (Å²) in [6, 6.07) is 6.53. The van der Waals surface area contributed by atoms with E-state index in [-0.39, 0.29) is 17.8 Å². The standard InChI is InChI=1S/C16H24FN3O2/c1-22-15(9-18)8-16(21)19-10-12-6-7-20(11-12)14-4-2-13(17)3-5-14/h2-5,12,15H,6-11,18H2,1H3,(H,19,21). The number of rotatable bonds is 7. The van der Waals surface area contributed by atoms with E-state index >= 15 is 0 Å². The summed E-state index contributed by atoms with van der Waals surface area (Å²) in [6.07, 6.45) is 1.09. The first kappa shape index (κ1) is 16.7. The third-order valence-electron chi connectivity index (χ3n) is 4.07. The maximum Gasteiger partial charge on any atom is 0.222 e. The number of benzene rings is 1. The van der Waals surface area contributed by atoms with Crippen LogP contribution in [0.2, 0.25) is 0 Å². The van der Waals surface area contributed by atoms with Crippen molar-refractivity contribution < 1.29 is 13.9 Å². The van der Waals surface area contributed by atoms with Crippen LogP contribution < -0.4 is 16.0 Å². The highest BCUT2D eigenvalue weighted by Gasteiger charge is 2.23. The lowest BCUT2D eigenvalue weighted by Gasteiger charge is -2.19. The minimum Gasteiger partial charge on any atom is -0.380 e. The maximum atomic E-state index is 12.9. The number of carbonyl (C=O) groups is 1. The molecular formula is C16H24FN3O2. The molecule has 0 saturated carbocycles. The molecule has 1 heterocycles. The van der Waals surface area contributed by atoms with E-state index in [1.165, 1.54) is 12.1 Å². The number of methoxy groups -OCH3 is 1. The molecule has 2 rings (SSSR count). The summed E-state index contributed by atoms with van der Waals surface area (Å²) in [5.41, 5.74) is 6.53. The van der Waals surface area contributed by atoms with Gasteiger partial charge in [-0.1, -0.05) is 0 Å². The van der Waals surface area contributed by atoms with E-state index in [0.29, 0.717) is 25.4 Å². The van der Waals surface area contributed by atoms with Crippen LogP contribution >= 0.6 is 0 Å². The molecule has 1 aromatic carbocycles. The first-order valence-electron chi connectivity index (χ1n) is 7.62. The molecule has 122 valence electrons. The largest absolute Gasteiger partial charge is 0.380 e. The first-order chi connectivity index (χ1) is 10.6. The van der Waals surface area contributed by atoms with E-state index in [2.05, 4.69) is 10.2 Å². The van der Waals surface area contributed by atoms with Gasteiger partial charge in [-0.3, -0.25) is 4.79 Å². The Kier molecular flexibility index (Phi) is 6.15. The van der Waals surface area contributed by atoms with Crippen LogP contribution in [0.25, 0.3) is 0 Å². The molecule has 1 saturated heterocycles. The summed E-state index contributed by atoms with van der Waals surface area (Å²) in [5.74, 6) is 0.157. The van der Waals surface area contributed by atoms with Crippen molar-refractivity contribution >= 4 is 11.6 Å². The minimum absolute atomic E-state index is 0.0301. The van der Waals surface area contributed by atoms with Gasteiger partial charge in [-0.15, -0.1) is 0 Å². The average Bonchev–Trinajstić information content (AvgIpc) is 3.00. The number of anilines is 1. The quantitative estimate of drug-likeness (QED) is 0.792. The van der Waals surface area contributed by atoms with Crippen LogP contribution in [0.15, 0.2) is 24.3 Å². The molecule has 1 aliphatic rings. The van der Waals surface area contributed by atoms with Gasteiger partial charge in [0.25, 0.3) is 0 Å². The first-order valence-corrected chi connectivity index (χ1v) is 7.62. The fourth-order valence-electron chi connectivity index (χ4n) is 2.69. The van der Waals surface area contributed by atoms with Gasteiger partial charge < -0.3 is 20.7 Å². The fraction of sp³-hybridized carbons (Fsp3) is 0.562. The molecule has 5 nitrogen and oxygen atoms in total. The number of carbonyl (C=O) groups excluding carboxylic acids is 1. The second-order valence-corrected chi connectivity index (χ2v) is 5.68. The Balaban J connectivity index is 1.74. The van der Waals surface area contributed by atoms with Gasteiger partial charge in [0, 0.05) is 39.0 Å². The van der Waals surface area contributed by atoms with Crippen molar-refractivity contribution in [2.75, 3.05) is 38.2 Å². The van der Waals surface area contributed by atoms with Gasteiger partial charge in [-0.05, 0) is 36.6 Å². The molecule has 3 N–H and O–H groups in total. The Morgan fingerprint density at radius 1 is 1.50 bits per heavy atom. The van der Waals surface area contributed by atoms with E-state index in [1.807, 2.05) is 0 Å². The van der Waals surface area contributed by atoms with Gasteiger partial charge >= 0.3 is 0 Å². The monoisotopic (exact) mass is 309 g/mol. The number of nitrogens with two attached hydrogens (primary N) is 1. The third kappa shape index (κ3) is 4.68. The Bertz CT molecular complexity index is 477. The summed E-state index contributed by atoms with van der Waals surface area (Å²) in [7, 11) is 1.56. The van der Waals surface area contributed by atoms with Gasteiger partial charge in [0.15, 0.2) is 0 Å². The zero-order valence-electron chi connectivity index (χ0n) is 12.9. The summed E-state index contributed by atoms with van der Waals surface area (Å²) in [5, 5.41) is 2.94. The van der Waals surface area contributed by atoms with Crippen LogP contribution in [0.4, 0.5) is 10.1 Å². The van der Waals surface area contributed by atoms with Crippen LogP contribution in [0.3, 0.4) is 0 Å². The van der Waals surface area contributed by atoms with Crippen molar-refractivity contribution in [2.24, 2.45) is 11.7 Å². The summed E-state index contributed by atoms with van der Waals surface area (Å²) in [6.45, 7) is 2.79. The normalized spacial score (nSPS) is 19.2. The highest BCUT2D eigenvalue weighted by molar-refractivity contribution is 5.76. The van der Waals surface area contributed by atoms with Crippen molar-refractivity contribution in [3.8, 4) is 0 Å². The minimum atomic E-state index is -0.223. The van der Waals surface area contributed by atoms with E-state index < -0.39 is 0 Å². The van der Waals surface area contributed by atoms with Crippen LogP contribution in [-0.2, 0) is 9.53 Å². The summed E-state index contributed by atoms with van der Waals surface area (Å²) in [4.78, 5) is 14.0. The second kappa shape index (κ2) is 8.10. The molecule has 2 atom stereocenters. The lowest BCUT2D eigenvalue weighted by molar-refractivity contribution is -0.123. The van der Waals surface area contributed by atoms with Gasteiger partial charge in [0.05, 0.1) is 12.5 Å². The molecule has 1 fully saturated rings. The van der Waals surface area contributed by atoms with Crippen LogP contribution in [-0.4, -0.2) is 45.3 Å².